The van der Waals surface area contributed by atoms with Crippen LogP contribution in [-0.2, 0) is 4.75 Å². The molecular formula is C18H24S2. The van der Waals surface area contributed by atoms with Crippen molar-refractivity contribution >= 4 is 23.5 Å². The molecule has 20 heavy (non-hydrogen) atoms. The van der Waals surface area contributed by atoms with Crippen molar-refractivity contribution in [2.45, 2.75) is 42.7 Å². The molecule has 0 N–H and O–H groups in total. The standard InChI is InChI=1S/C17H20S2.CH4/c1-13-5-7-14(8-6-13)17(2,3)19-16-11-9-15(18-4)10-12-16;/h5-12H,1-4H3;1H4. The maximum absolute atomic E-state index is 2.28. The lowest BCUT2D eigenvalue weighted by Gasteiger charge is -2.25. The van der Waals surface area contributed by atoms with Crippen molar-refractivity contribution in [1.29, 1.82) is 0 Å². The number of hydrogen-bond donors (Lipinski definition) is 0. The molecule has 0 bridgehead atoms. The fourth-order valence-corrected chi connectivity index (χ4v) is 3.48. The Labute approximate surface area is 132 Å². The highest BCUT2D eigenvalue weighted by Gasteiger charge is 2.21. The van der Waals surface area contributed by atoms with E-state index in [0.717, 1.165) is 0 Å². The SMILES string of the molecule is C.CSc1ccc(SC(C)(C)c2ccc(C)cc2)cc1. The second kappa shape index (κ2) is 7.24. The molecular weight excluding hydrogens is 280 g/mol. The van der Waals surface area contributed by atoms with Crippen molar-refractivity contribution in [3.63, 3.8) is 0 Å². The van der Waals surface area contributed by atoms with Gasteiger partial charge in [0, 0.05) is 14.5 Å². The fraction of sp³-hybridized carbons (Fsp3) is 0.333. The monoisotopic (exact) mass is 304 g/mol. The minimum atomic E-state index is 0. The smallest absolute Gasteiger partial charge is 0.0399 e. The number of hydrogen-bond acceptors (Lipinski definition) is 2. The van der Waals surface area contributed by atoms with Crippen LogP contribution in [0.4, 0.5) is 0 Å². The Morgan fingerprint density at radius 1 is 0.800 bits per heavy atom. The molecule has 0 atom stereocenters. The highest BCUT2D eigenvalue weighted by molar-refractivity contribution is 8.00. The van der Waals surface area contributed by atoms with Crippen molar-refractivity contribution in [2.24, 2.45) is 0 Å². The molecule has 0 saturated carbocycles. The third-order valence-electron chi connectivity index (χ3n) is 3.18. The molecule has 0 aromatic heterocycles. The van der Waals surface area contributed by atoms with Gasteiger partial charge >= 0.3 is 0 Å². The van der Waals surface area contributed by atoms with E-state index in [4.69, 9.17) is 0 Å². The number of rotatable bonds is 4. The lowest BCUT2D eigenvalue weighted by molar-refractivity contribution is 0.781. The summed E-state index contributed by atoms with van der Waals surface area (Å²) in [6.45, 7) is 6.70. The first-order chi connectivity index (χ1) is 9.01. The maximum atomic E-state index is 2.28. The van der Waals surface area contributed by atoms with Gasteiger partial charge in [0.1, 0.15) is 0 Å². The van der Waals surface area contributed by atoms with Gasteiger partial charge in [-0.2, -0.15) is 0 Å². The first-order valence-electron chi connectivity index (χ1n) is 6.41. The Balaban J connectivity index is 0.00000200. The summed E-state index contributed by atoms with van der Waals surface area (Å²) in [5.41, 5.74) is 2.69. The summed E-state index contributed by atoms with van der Waals surface area (Å²) in [7, 11) is 0. The average Bonchev–Trinajstić information content (AvgIpc) is 2.40. The van der Waals surface area contributed by atoms with Gasteiger partial charge in [-0.25, -0.2) is 0 Å². The zero-order valence-corrected chi connectivity index (χ0v) is 13.6. The molecule has 0 aliphatic carbocycles. The van der Waals surface area contributed by atoms with E-state index >= 15 is 0 Å². The summed E-state index contributed by atoms with van der Waals surface area (Å²) < 4.78 is 0.0918. The number of thioether (sulfide) groups is 2. The normalized spacial score (nSPS) is 11.0. The van der Waals surface area contributed by atoms with Crippen LogP contribution in [0, 0.1) is 6.92 Å². The summed E-state index contributed by atoms with van der Waals surface area (Å²) >= 11 is 3.70. The molecule has 0 radical (unpaired) electrons. The number of aryl methyl sites for hydroxylation is 1. The van der Waals surface area contributed by atoms with E-state index < -0.39 is 0 Å². The van der Waals surface area contributed by atoms with Crippen molar-refractivity contribution in [2.75, 3.05) is 6.26 Å². The third kappa shape index (κ3) is 4.32. The highest BCUT2D eigenvalue weighted by Crippen LogP contribution is 2.41. The molecule has 0 amide bonds. The van der Waals surface area contributed by atoms with Crippen LogP contribution in [0.2, 0.25) is 0 Å². The van der Waals surface area contributed by atoms with E-state index in [1.165, 1.54) is 20.9 Å². The molecule has 0 spiro atoms. The first-order valence-corrected chi connectivity index (χ1v) is 8.45. The highest BCUT2D eigenvalue weighted by atomic mass is 32.2. The van der Waals surface area contributed by atoms with E-state index in [-0.39, 0.29) is 12.2 Å². The summed E-state index contributed by atoms with van der Waals surface area (Å²) in [6, 6.07) is 17.7. The molecule has 0 aliphatic heterocycles. The van der Waals surface area contributed by atoms with Gasteiger partial charge in [0.25, 0.3) is 0 Å². The van der Waals surface area contributed by atoms with E-state index in [1.807, 2.05) is 11.8 Å². The molecule has 2 aromatic rings. The summed E-state index contributed by atoms with van der Waals surface area (Å²) in [4.78, 5) is 2.64. The number of benzene rings is 2. The van der Waals surface area contributed by atoms with E-state index in [0.29, 0.717) is 0 Å². The fourth-order valence-electron chi connectivity index (χ4n) is 1.95. The molecule has 0 unspecified atom stereocenters. The van der Waals surface area contributed by atoms with E-state index in [1.54, 1.807) is 11.8 Å². The van der Waals surface area contributed by atoms with Gasteiger partial charge in [-0.3, -0.25) is 0 Å². The Bertz CT molecular complexity index is 524. The van der Waals surface area contributed by atoms with Gasteiger partial charge in [-0.1, -0.05) is 37.3 Å². The van der Waals surface area contributed by atoms with E-state index in [9.17, 15) is 0 Å². The molecule has 2 aromatic carbocycles. The average molecular weight is 305 g/mol. The molecule has 0 saturated heterocycles. The zero-order valence-electron chi connectivity index (χ0n) is 11.9. The van der Waals surface area contributed by atoms with Crippen LogP contribution in [-0.4, -0.2) is 6.26 Å². The third-order valence-corrected chi connectivity index (χ3v) is 5.18. The molecule has 108 valence electrons. The van der Waals surface area contributed by atoms with Gasteiger partial charge < -0.3 is 0 Å². The molecule has 0 fully saturated rings. The first kappa shape index (κ1) is 17.2. The summed E-state index contributed by atoms with van der Waals surface area (Å²) in [5, 5.41) is 0. The maximum Gasteiger partial charge on any atom is 0.0399 e. The second-order valence-corrected chi connectivity index (χ2v) is 7.73. The molecule has 0 aliphatic rings. The van der Waals surface area contributed by atoms with Crippen molar-refractivity contribution < 1.29 is 0 Å². The van der Waals surface area contributed by atoms with Crippen molar-refractivity contribution in [3.05, 3.63) is 59.7 Å². The lowest BCUT2D eigenvalue weighted by atomic mass is 10.0. The predicted octanol–water partition coefficient (Wildman–Crippen LogP) is 6.38. The van der Waals surface area contributed by atoms with Gasteiger partial charge in [0.15, 0.2) is 0 Å². The second-order valence-electron chi connectivity index (χ2n) is 5.15. The van der Waals surface area contributed by atoms with Crippen molar-refractivity contribution in [3.8, 4) is 0 Å². The van der Waals surface area contributed by atoms with Crippen LogP contribution in [0.25, 0.3) is 0 Å². The van der Waals surface area contributed by atoms with Crippen LogP contribution in [0.5, 0.6) is 0 Å². The summed E-state index contributed by atoms with van der Waals surface area (Å²) in [6.07, 6.45) is 2.11. The van der Waals surface area contributed by atoms with E-state index in [2.05, 4.69) is 75.6 Å². The largest absolute Gasteiger partial charge is 0.130 e. The van der Waals surface area contributed by atoms with Crippen LogP contribution in [0.1, 0.15) is 32.4 Å². The predicted molar refractivity (Wildman–Crippen MR) is 95.0 cm³/mol. The van der Waals surface area contributed by atoms with Crippen molar-refractivity contribution in [1.82, 2.24) is 0 Å². The lowest BCUT2D eigenvalue weighted by Crippen LogP contribution is -2.11. The van der Waals surface area contributed by atoms with Gasteiger partial charge in [-0.15, -0.1) is 23.5 Å². The van der Waals surface area contributed by atoms with Crippen LogP contribution in [0.3, 0.4) is 0 Å². The van der Waals surface area contributed by atoms with Crippen LogP contribution in [0.15, 0.2) is 58.3 Å². The summed E-state index contributed by atoms with van der Waals surface area (Å²) in [5.74, 6) is 0. The molecule has 2 rings (SSSR count). The van der Waals surface area contributed by atoms with Gasteiger partial charge in [0.2, 0.25) is 0 Å². The van der Waals surface area contributed by atoms with Gasteiger partial charge in [0.05, 0.1) is 0 Å². The topological polar surface area (TPSA) is 0 Å². The molecule has 0 nitrogen and oxygen atoms in total. The molecule has 2 heteroatoms. The Hall–Kier alpha value is -0.860. The minimum Gasteiger partial charge on any atom is -0.130 e. The Kier molecular flexibility index (Phi) is 6.22. The zero-order chi connectivity index (χ0) is 13.9. The quantitative estimate of drug-likeness (QED) is 0.601. The minimum absolute atomic E-state index is 0. The Morgan fingerprint density at radius 3 is 1.80 bits per heavy atom. The van der Waals surface area contributed by atoms with Crippen LogP contribution >= 0.6 is 23.5 Å². The van der Waals surface area contributed by atoms with Gasteiger partial charge in [-0.05, 0) is 56.9 Å². The Morgan fingerprint density at radius 2 is 1.30 bits per heavy atom. The van der Waals surface area contributed by atoms with Crippen LogP contribution < -0.4 is 0 Å². The molecule has 0 heterocycles.